The lowest BCUT2D eigenvalue weighted by molar-refractivity contribution is -0.188. The molecule has 1 aliphatic heterocycles. The lowest BCUT2D eigenvalue weighted by Crippen LogP contribution is -2.50. The van der Waals surface area contributed by atoms with Crippen molar-refractivity contribution in [3.05, 3.63) is 0 Å². The third-order valence-electron chi connectivity index (χ3n) is 4.43. The standard InChI is InChI=1S/C14H28O/c1-5-8-9-13(6-2)10-14(7-3)11-15-12(14)4/h12-13H,5-11H2,1-4H3. The Bertz CT molecular complexity index is 174. The Morgan fingerprint density at radius 1 is 1.33 bits per heavy atom. The van der Waals surface area contributed by atoms with Crippen LogP contribution in [0.3, 0.4) is 0 Å². The van der Waals surface area contributed by atoms with Crippen LogP contribution in [0.25, 0.3) is 0 Å². The predicted octanol–water partition coefficient (Wildman–Crippen LogP) is 4.41. The number of rotatable bonds is 7. The molecular weight excluding hydrogens is 184 g/mol. The molecule has 1 heteroatoms. The molecule has 0 saturated carbocycles. The van der Waals surface area contributed by atoms with E-state index in [0.29, 0.717) is 11.5 Å². The summed E-state index contributed by atoms with van der Waals surface area (Å²) in [7, 11) is 0. The molecule has 0 N–H and O–H groups in total. The zero-order valence-corrected chi connectivity index (χ0v) is 11.0. The first-order valence-corrected chi connectivity index (χ1v) is 6.80. The summed E-state index contributed by atoms with van der Waals surface area (Å²) < 4.78 is 5.59. The molecule has 1 rings (SSSR count). The van der Waals surface area contributed by atoms with E-state index in [1.165, 1.54) is 38.5 Å². The van der Waals surface area contributed by atoms with Gasteiger partial charge in [0.2, 0.25) is 0 Å². The summed E-state index contributed by atoms with van der Waals surface area (Å²) in [4.78, 5) is 0. The maximum absolute atomic E-state index is 5.59. The molecule has 15 heavy (non-hydrogen) atoms. The van der Waals surface area contributed by atoms with E-state index in [4.69, 9.17) is 4.74 Å². The first-order valence-electron chi connectivity index (χ1n) is 6.80. The SMILES string of the molecule is CCCCC(CC)CC1(CC)COC1C. The minimum atomic E-state index is 0.498. The first-order chi connectivity index (χ1) is 7.18. The van der Waals surface area contributed by atoms with E-state index in [1.54, 1.807) is 0 Å². The number of hydrogen-bond donors (Lipinski definition) is 0. The summed E-state index contributed by atoms with van der Waals surface area (Å²) in [5.41, 5.74) is 0.522. The highest BCUT2D eigenvalue weighted by Gasteiger charge is 2.44. The van der Waals surface area contributed by atoms with E-state index in [-0.39, 0.29) is 0 Å². The molecule has 1 saturated heterocycles. The predicted molar refractivity (Wildman–Crippen MR) is 66.1 cm³/mol. The largest absolute Gasteiger partial charge is 0.377 e. The van der Waals surface area contributed by atoms with Crippen molar-refractivity contribution in [2.24, 2.45) is 11.3 Å². The van der Waals surface area contributed by atoms with Gasteiger partial charge in [-0.2, -0.15) is 0 Å². The monoisotopic (exact) mass is 212 g/mol. The average molecular weight is 212 g/mol. The molecule has 0 aliphatic carbocycles. The van der Waals surface area contributed by atoms with Gasteiger partial charge in [0.1, 0.15) is 0 Å². The smallest absolute Gasteiger partial charge is 0.0625 e. The van der Waals surface area contributed by atoms with Gasteiger partial charge in [0, 0.05) is 5.41 Å². The van der Waals surface area contributed by atoms with Crippen LogP contribution in [0.5, 0.6) is 0 Å². The highest BCUT2D eigenvalue weighted by atomic mass is 16.5. The minimum absolute atomic E-state index is 0.498. The van der Waals surface area contributed by atoms with E-state index in [0.717, 1.165) is 12.5 Å². The molecule has 90 valence electrons. The van der Waals surface area contributed by atoms with Crippen LogP contribution in [-0.4, -0.2) is 12.7 Å². The van der Waals surface area contributed by atoms with E-state index in [1.807, 2.05) is 0 Å². The van der Waals surface area contributed by atoms with Crippen molar-refractivity contribution in [3.8, 4) is 0 Å². The summed E-state index contributed by atoms with van der Waals surface area (Å²) >= 11 is 0. The lowest BCUT2D eigenvalue weighted by atomic mass is 9.69. The third-order valence-corrected chi connectivity index (χ3v) is 4.43. The summed E-state index contributed by atoms with van der Waals surface area (Å²) in [6.45, 7) is 10.2. The fraction of sp³-hybridized carbons (Fsp3) is 1.00. The minimum Gasteiger partial charge on any atom is -0.377 e. The number of ether oxygens (including phenoxy) is 1. The normalized spacial score (nSPS) is 32.4. The molecule has 0 amide bonds. The molecule has 1 aliphatic rings. The molecule has 1 fully saturated rings. The van der Waals surface area contributed by atoms with Crippen LogP contribution in [0.4, 0.5) is 0 Å². The molecule has 1 heterocycles. The van der Waals surface area contributed by atoms with Crippen LogP contribution in [0.2, 0.25) is 0 Å². The van der Waals surface area contributed by atoms with Crippen LogP contribution >= 0.6 is 0 Å². The summed E-state index contributed by atoms with van der Waals surface area (Å²) in [5.74, 6) is 0.927. The molecule has 0 aromatic rings. The lowest BCUT2D eigenvalue weighted by Gasteiger charge is -2.49. The van der Waals surface area contributed by atoms with Gasteiger partial charge in [-0.05, 0) is 25.7 Å². The molecular formula is C14H28O. The van der Waals surface area contributed by atoms with Crippen molar-refractivity contribution in [1.29, 1.82) is 0 Å². The van der Waals surface area contributed by atoms with E-state index in [9.17, 15) is 0 Å². The number of hydrogen-bond acceptors (Lipinski definition) is 1. The quantitative estimate of drug-likeness (QED) is 0.607. The van der Waals surface area contributed by atoms with Crippen LogP contribution < -0.4 is 0 Å². The van der Waals surface area contributed by atoms with Crippen molar-refractivity contribution in [3.63, 3.8) is 0 Å². The highest BCUT2D eigenvalue weighted by Crippen LogP contribution is 2.44. The van der Waals surface area contributed by atoms with Crippen LogP contribution in [0.15, 0.2) is 0 Å². The van der Waals surface area contributed by atoms with E-state index >= 15 is 0 Å². The zero-order valence-electron chi connectivity index (χ0n) is 11.0. The van der Waals surface area contributed by atoms with Gasteiger partial charge in [-0.3, -0.25) is 0 Å². The Hall–Kier alpha value is -0.0400. The molecule has 0 spiro atoms. The fourth-order valence-corrected chi connectivity index (χ4v) is 2.76. The van der Waals surface area contributed by atoms with Gasteiger partial charge in [0.05, 0.1) is 12.7 Å². The Balaban J connectivity index is 2.41. The Kier molecular flexibility index (Phi) is 5.11. The highest BCUT2D eigenvalue weighted by molar-refractivity contribution is 4.92. The second kappa shape index (κ2) is 5.89. The molecule has 0 aromatic heterocycles. The summed E-state index contributed by atoms with van der Waals surface area (Å²) in [6.07, 6.45) is 8.67. The second-order valence-corrected chi connectivity index (χ2v) is 5.29. The van der Waals surface area contributed by atoms with Crippen LogP contribution in [0, 0.1) is 11.3 Å². The average Bonchev–Trinajstić information content (AvgIpc) is 2.27. The van der Waals surface area contributed by atoms with Crippen LogP contribution in [0.1, 0.15) is 66.2 Å². The van der Waals surface area contributed by atoms with E-state index < -0.39 is 0 Å². The van der Waals surface area contributed by atoms with Gasteiger partial charge < -0.3 is 4.74 Å². The molecule has 0 bridgehead atoms. The Labute approximate surface area is 95.6 Å². The summed E-state index contributed by atoms with van der Waals surface area (Å²) in [6, 6.07) is 0. The fourth-order valence-electron chi connectivity index (χ4n) is 2.76. The van der Waals surface area contributed by atoms with Crippen molar-refractivity contribution < 1.29 is 4.74 Å². The molecule has 1 nitrogen and oxygen atoms in total. The molecule has 0 radical (unpaired) electrons. The van der Waals surface area contributed by atoms with Gasteiger partial charge in [0.25, 0.3) is 0 Å². The van der Waals surface area contributed by atoms with Crippen molar-refractivity contribution in [2.45, 2.75) is 72.3 Å². The van der Waals surface area contributed by atoms with Crippen molar-refractivity contribution >= 4 is 0 Å². The maximum Gasteiger partial charge on any atom is 0.0625 e. The summed E-state index contributed by atoms with van der Waals surface area (Å²) in [5, 5.41) is 0. The van der Waals surface area contributed by atoms with Gasteiger partial charge in [-0.1, -0.05) is 46.5 Å². The maximum atomic E-state index is 5.59. The first kappa shape index (κ1) is 13.0. The Morgan fingerprint density at radius 2 is 2.07 bits per heavy atom. The van der Waals surface area contributed by atoms with Gasteiger partial charge in [-0.15, -0.1) is 0 Å². The van der Waals surface area contributed by atoms with Crippen LogP contribution in [-0.2, 0) is 4.74 Å². The van der Waals surface area contributed by atoms with Gasteiger partial charge in [-0.25, -0.2) is 0 Å². The topological polar surface area (TPSA) is 9.23 Å². The Morgan fingerprint density at radius 3 is 2.40 bits per heavy atom. The molecule has 3 unspecified atom stereocenters. The third kappa shape index (κ3) is 2.96. The zero-order chi connectivity index (χ0) is 11.3. The van der Waals surface area contributed by atoms with Crippen molar-refractivity contribution in [2.75, 3.05) is 6.61 Å². The number of unbranched alkanes of at least 4 members (excludes halogenated alkanes) is 1. The second-order valence-electron chi connectivity index (χ2n) is 5.29. The van der Waals surface area contributed by atoms with Gasteiger partial charge in [0.15, 0.2) is 0 Å². The van der Waals surface area contributed by atoms with Gasteiger partial charge >= 0.3 is 0 Å². The molecule has 0 aromatic carbocycles. The van der Waals surface area contributed by atoms with E-state index in [2.05, 4.69) is 27.7 Å². The molecule has 3 atom stereocenters. The van der Waals surface area contributed by atoms with Crippen molar-refractivity contribution in [1.82, 2.24) is 0 Å².